The highest BCUT2D eigenvalue weighted by molar-refractivity contribution is 7.17. The van der Waals surface area contributed by atoms with Crippen molar-refractivity contribution in [3.05, 3.63) is 106 Å². The Bertz CT molecular complexity index is 1990. The summed E-state index contributed by atoms with van der Waals surface area (Å²) in [5, 5.41) is 23.1. The number of esters is 1. The Hall–Kier alpha value is -5.60. The second kappa shape index (κ2) is 12.3. The van der Waals surface area contributed by atoms with Gasteiger partial charge in [-0.15, -0.1) is 16.4 Å². The Kier molecular flexibility index (Phi) is 7.99. The molecule has 0 bridgehead atoms. The van der Waals surface area contributed by atoms with Gasteiger partial charge in [0.05, 0.1) is 42.1 Å². The third-order valence-corrected chi connectivity index (χ3v) is 7.74. The number of ether oxygens (including phenoxy) is 2. The number of rotatable bonds is 9. The molecule has 0 unspecified atom stereocenters. The van der Waals surface area contributed by atoms with Gasteiger partial charge in [0.2, 0.25) is 11.8 Å². The van der Waals surface area contributed by atoms with Crippen molar-refractivity contribution in [2.24, 2.45) is 0 Å². The number of fused-ring (bicyclic) bond motifs is 1. The van der Waals surface area contributed by atoms with E-state index in [1.807, 2.05) is 67.9 Å². The smallest absolute Gasteiger partial charge is 0.338 e. The number of nitrogens with zero attached hydrogens (tertiary/aromatic N) is 6. The predicted molar refractivity (Wildman–Crippen MR) is 168 cm³/mol. The number of carbonyl (C=O) groups is 1. The molecule has 0 saturated heterocycles. The standard InChI is InChI=1S/C33H27N7O3S/c1-4-42-32(41)25-7-5-22(6-8-25)18-40-19-28(38-39-40)24-9-11-26(12-10-24)35-33-36-27-13-14-44-30(27)31(37-33)43-29-20(2)15-23(17-34)16-21(29)3/h5-16,19H,4,18H2,1-3H3,(H,35,36,37). The van der Waals surface area contributed by atoms with E-state index >= 15 is 0 Å². The molecule has 0 aliphatic rings. The number of nitriles is 1. The second-order valence-corrected chi connectivity index (χ2v) is 11.0. The lowest BCUT2D eigenvalue weighted by Gasteiger charge is -2.13. The minimum absolute atomic E-state index is 0.333. The Morgan fingerprint density at radius 1 is 1.02 bits per heavy atom. The van der Waals surface area contributed by atoms with Crippen LogP contribution in [0.25, 0.3) is 21.5 Å². The molecule has 44 heavy (non-hydrogen) atoms. The maximum Gasteiger partial charge on any atom is 0.338 e. The fraction of sp³-hybridized carbons (Fsp3) is 0.152. The molecule has 3 heterocycles. The molecule has 10 nitrogen and oxygen atoms in total. The quantitative estimate of drug-likeness (QED) is 0.171. The van der Waals surface area contributed by atoms with Crippen LogP contribution in [0.1, 0.15) is 39.5 Å². The van der Waals surface area contributed by atoms with Crippen molar-refractivity contribution in [3.63, 3.8) is 0 Å². The molecule has 0 radical (unpaired) electrons. The number of aryl methyl sites for hydroxylation is 2. The molecule has 3 aromatic carbocycles. The van der Waals surface area contributed by atoms with Gasteiger partial charge in [0.1, 0.15) is 16.1 Å². The van der Waals surface area contributed by atoms with Crippen LogP contribution in [0, 0.1) is 25.2 Å². The lowest BCUT2D eigenvalue weighted by atomic mass is 10.1. The molecule has 0 atom stereocenters. The van der Waals surface area contributed by atoms with E-state index in [1.165, 1.54) is 11.3 Å². The molecule has 0 aliphatic heterocycles. The average molecular weight is 602 g/mol. The fourth-order valence-corrected chi connectivity index (χ4v) is 5.50. The first kappa shape index (κ1) is 28.5. The molecule has 0 spiro atoms. The predicted octanol–water partition coefficient (Wildman–Crippen LogP) is 7.20. The van der Waals surface area contributed by atoms with Gasteiger partial charge in [-0.3, -0.25) is 0 Å². The highest BCUT2D eigenvalue weighted by atomic mass is 32.1. The first-order valence-corrected chi connectivity index (χ1v) is 14.8. The van der Waals surface area contributed by atoms with Crippen LogP contribution in [0.15, 0.2) is 78.3 Å². The summed E-state index contributed by atoms with van der Waals surface area (Å²) in [6.45, 7) is 6.48. The summed E-state index contributed by atoms with van der Waals surface area (Å²) in [5.41, 5.74) is 7.03. The fourth-order valence-electron chi connectivity index (χ4n) is 4.74. The van der Waals surface area contributed by atoms with Crippen molar-refractivity contribution < 1.29 is 14.3 Å². The molecule has 6 rings (SSSR count). The van der Waals surface area contributed by atoms with Gasteiger partial charge in [0.15, 0.2) is 0 Å². The van der Waals surface area contributed by atoms with Crippen molar-refractivity contribution in [2.45, 2.75) is 27.3 Å². The van der Waals surface area contributed by atoms with Crippen LogP contribution in [0.5, 0.6) is 11.6 Å². The molecular formula is C33H27N7O3S. The van der Waals surface area contributed by atoms with Gasteiger partial charge in [-0.25, -0.2) is 14.5 Å². The van der Waals surface area contributed by atoms with Crippen LogP contribution in [-0.2, 0) is 11.3 Å². The minimum atomic E-state index is -0.333. The van der Waals surface area contributed by atoms with E-state index in [0.29, 0.717) is 41.9 Å². The summed E-state index contributed by atoms with van der Waals surface area (Å²) in [6.07, 6.45) is 1.88. The van der Waals surface area contributed by atoms with Crippen molar-refractivity contribution in [1.29, 1.82) is 5.26 Å². The lowest BCUT2D eigenvalue weighted by Crippen LogP contribution is -2.05. The molecular weight excluding hydrogens is 574 g/mol. The van der Waals surface area contributed by atoms with E-state index < -0.39 is 0 Å². The van der Waals surface area contributed by atoms with Gasteiger partial charge in [0, 0.05) is 11.3 Å². The van der Waals surface area contributed by atoms with Crippen molar-refractivity contribution in [2.75, 3.05) is 11.9 Å². The average Bonchev–Trinajstić information content (AvgIpc) is 3.70. The van der Waals surface area contributed by atoms with Crippen LogP contribution in [0.4, 0.5) is 11.6 Å². The van der Waals surface area contributed by atoms with Crippen LogP contribution >= 0.6 is 11.3 Å². The zero-order valence-electron chi connectivity index (χ0n) is 24.2. The topological polar surface area (TPSA) is 128 Å². The summed E-state index contributed by atoms with van der Waals surface area (Å²) >= 11 is 1.51. The maximum absolute atomic E-state index is 11.9. The Labute approximate surface area is 257 Å². The van der Waals surface area contributed by atoms with Crippen LogP contribution in [0.2, 0.25) is 0 Å². The summed E-state index contributed by atoms with van der Waals surface area (Å²) < 4.78 is 13.9. The van der Waals surface area contributed by atoms with Crippen molar-refractivity contribution in [1.82, 2.24) is 25.0 Å². The summed E-state index contributed by atoms with van der Waals surface area (Å²) in [6, 6.07) is 22.8. The van der Waals surface area contributed by atoms with Crippen LogP contribution in [0.3, 0.4) is 0 Å². The SMILES string of the molecule is CCOC(=O)c1ccc(Cn2cc(-c3ccc(Nc4nc(Oc5c(C)cc(C#N)cc5C)c5sccc5n4)cc3)nn2)cc1. The Balaban J connectivity index is 1.16. The molecule has 0 aliphatic carbocycles. The minimum Gasteiger partial charge on any atom is -0.462 e. The Morgan fingerprint density at radius 3 is 2.48 bits per heavy atom. The van der Waals surface area contributed by atoms with Crippen LogP contribution < -0.4 is 10.1 Å². The first-order valence-electron chi connectivity index (χ1n) is 13.9. The number of benzene rings is 3. The number of hydrogen-bond acceptors (Lipinski definition) is 10. The number of aromatic nitrogens is 5. The molecule has 3 aromatic heterocycles. The lowest BCUT2D eigenvalue weighted by molar-refractivity contribution is 0.0526. The zero-order valence-corrected chi connectivity index (χ0v) is 25.1. The van der Waals surface area contributed by atoms with E-state index in [9.17, 15) is 10.1 Å². The van der Waals surface area contributed by atoms with Gasteiger partial charge >= 0.3 is 5.97 Å². The van der Waals surface area contributed by atoms with Gasteiger partial charge in [-0.2, -0.15) is 10.2 Å². The first-order chi connectivity index (χ1) is 21.4. The number of hydrogen-bond donors (Lipinski definition) is 1. The summed E-state index contributed by atoms with van der Waals surface area (Å²) in [7, 11) is 0. The third kappa shape index (κ3) is 6.11. The summed E-state index contributed by atoms with van der Waals surface area (Å²) in [5.74, 6) is 1.20. The molecule has 6 aromatic rings. The van der Waals surface area contributed by atoms with E-state index in [1.54, 1.807) is 35.9 Å². The van der Waals surface area contributed by atoms with E-state index in [-0.39, 0.29) is 5.97 Å². The second-order valence-electron chi connectivity index (χ2n) is 10.1. The molecule has 0 amide bonds. The van der Waals surface area contributed by atoms with Crippen molar-refractivity contribution >= 4 is 39.2 Å². The largest absolute Gasteiger partial charge is 0.462 e. The normalized spacial score (nSPS) is 10.9. The van der Waals surface area contributed by atoms with Gasteiger partial charge < -0.3 is 14.8 Å². The molecule has 1 N–H and O–H groups in total. The highest BCUT2D eigenvalue weighted by Crippen LogP contribution is 2.36. The third-order valence-electron chi connectivity index (χ3n) is 6.85. The van der Waals surface area contributed by atoms with Crippen molar-refractivity contribution in [3.8, 4) is 29.0 Å². The summed E-state index contributed by atoms with van der Waals surface area (Å²) in [4.78, 5) is 21.2. The monoisotopic (exact) mass is 601 g/mol. The molecule has 11 heteroatoms. The number of thiophene rings is 1. The molecule has 0 saturated carbocycles. The number of carbonyl (C=O) groups excluding carboxylic acids is 1. The molecule has 218 valence electrons. The Morgan fingerprint density at radius 2 is 1.77 bits per heavy atom. The van der Waals surface area contributed by atoms with E-state index in [2.05, 4.69) is 31.7 Å². The maximum atomic E-state index is 11.9. The van der Waals surface area contributed by atoms with Gasteiger partial charge in [-0.05, 0) is 85.3 Å². The van der Waals surface area contributed by atoms with Gasteiger partial charge in [0.25, 0.3) is 0 Å². The highest BCUT2D eigenvalue weighted by Gasteiger charge is 2.15. The number of anilines is 2. The van der Waals surface area contributed by atoms with Crippen LogP contribution in [-0.4, -0.2) is 37.5 Å². The van der Waals surface area contributed by atoms with E-state index in [4.69, 9.17) is 9.47 Å². The van der Waals surface area contributed by atoms with Gasteiger partial charge in [-0.1, -0.05) is 29.5 Å². The van der Waals surface area contributed by atoms with E-state index in [0.717, 1.165) is 43.9 Å². The molecule has 0 fully saturated rings. The number of nitrogens with one attached hydrogen (secondary N) is 1. The zero-order chi connectivity index (χ0) is 30.6.